The fourth-order valence-corrected chi connectivity index (χ4v) is 3.06. The maximum absolute atomic E-state index is 11.6. The average molecular weight is 411 g/mol. The highest BCUT2D eigenvalue weighted by molar-refractivity contribution is 7.88. The zero-order chi connectivity index (χ0) is 21.3. The van der Waals surface area contributed by atoms with Gasteiger partial charge in [-0.05, 0) is 50.8 Å². The molecule has 28 heavy (non-hydrogen) atoms. The molecule has 0 bridgehead atoms. The second kappa shape index (κ2) is 10.6. The van der Waals surface area contributed by atoms with E-state index in [1.54, 1.807) is 0 Å². The molecule has 0 fully saturated rings. The Hall–Kier alpha value is -2.69. The summed E-state index contributed by atoms with van der Waals surface area (Å²) in [6.07, 6.45) is 4.06. The standard InChI is InChI=1S/C14H21N3O2S.C4H4O4/c1-15-20(18,19)10-11-4-5-14-13(8-11)12(9-16-14)6-7-17(2)3;5-3(6)1-2-4(7)8/h4-5,8-9,15-16H,6-7,10H2,1-3H3;1-2H,(H,5,6)(H,7,8). The number of sulfonamides is 1. The van der Waals surface area contributed by atoms with E-state index in [1.807, 2.05) is 38.5 Å². The van der Waals surface area contributed by atoms with Gasteiger partial charge in [-0.3, -0.25) is 0 Å². The number of aromatic nitrogens is 1. The molecule has 1 aromatic heterocycles. The maximum atomic E-state index is 11.6. The quantitative estimate of drug-likeness (QED) is 0.476. The van der Waals surface area contributed by atoms with Gasteiger partial charge in [-0.1, -0.05) is 6.07 Å². The Morgan fingerprint density at radius 3 is 2.29 bits per heavy atom. The van der Waals surface area contributed by atoms with Gasteiger partial charge < -0.3 is 20.1 Å². The number of carboxylic acid groups (broad SMARTS) is 2. The van der Waals surface area contributed by atoms with Crippen molar-refractivity contribution in [3.63, 3.8) is 0 Å². The number of carbonyl (C=O) groups is 2. The van der Waals surface area contributed by atoms with E-state index in [4.69, 9.17) is 10.2 Å². The van der Waals surface area contributed by atoms with Crippen LogP contribution in [-0.2, 0) is 31.8 Å². The fourth-order valence-electron chi connectivity index (χ4n) is 2.30. The molecule has 0 spiro atoms. The Morgan fingerprint density at radius 1 is 1.18 bits per heavy atom. The van der Waals surface area contributed by atoms with Gasteiger partial charge in [0.1, 0.15) is 0 Å². The summed E-state index contributed by atoms with van der Waals surface area (Å²) in [4.78, 5) is 24.5. The summed E-state index contributed by atoms with van der Waals surface area (Å²) in [7, 11) is 2.29. The molecule has 154 valence electrons. The van der Waals surface area contributed by atoms with Crippen LogP contribution < -0.4 is 4.72 Å². The Kier molecular flexibility index (Phi) is 8.83. The number of aromatic amines is 1. The summed E-state index contributed by atoms with van der Waals surface area (Å²) >= 11 is 0. The van der Waals surface area contributed by atoms with Crippen molar-refractivity contribution in [1.82, 2.24) is 14.6 Å². The van der Waals surface area contributed by atoms with E-state index in [1.165, 1.54) is 12.6 Å². The van der Waals surface area contributed by atoms with Crippen LogP contribution in [0, 0.1) is 0 Å². The molecule has 0 unspecified atom stereocenters. The molecule has 0 amide bonds. The van der Waals surface area contributed by atoms with Crippen LogP contribution in [0.4, 0.5) is 0 Å². The van der Waals surface area contributed by atoms with Gasteiger partial charge in [-0.25, -0.2) is 22.7 Å². The summed E-state index contributed by atoms with van der Waals surface area (Å²) in [5.41, 5.74) is 3.07. The second-order valence-corrected chi connectivity index (χ2v) is 8.15. The summed E-state index contributed by atoms with van der Waals surface area (Å²) < 4.78 is 25.6. The highest BCUT2D eigenvalue weighted by Gasteiger charge is 2.11. The van der Waals surface area contributed by atoms with E-state index in [9.17, 15) is 18.0 Å². The van der Waals surface area contributed by atoms with Crippen LogP contribution >= 0.6 is 0 Å². The molecule has 10 heteroatoms. The minimum absolute atomic E-state index is 0.0116. The first kappa shape index (κ1) is 23.3. The van der Waals surface area contributed by atoms with E-state index in [2.05, 4.69) is 14.6 Å². The summed E-state index contributed by atoms with van der Waals surface area (Å²) in [6, 6.07) is 5.75. The van der Waals surface area contributed by atoms with Crippen molar-refractivity contribution in [2.75, 3.05) is 27.7 Å². The molecule has 0 aliphatic rings. The second-order valence-electron chi connectivity index (χ2n) is 6.22. The molecule has 4 N–H and O–H groups in total. The normalized spacial score (nSPS) is 11.6. The minimum Gasteiger partial charge on any atom is -0.478 e. The van der Waals surface area contributed by atoms with Gasteiger partial charge in [-0.2, -0.15) is 0 Å². The number of aliphatic carboxylic acids is 2. The summed E-state index contributed by atoms with van der Waals surface area (Å²) in [6.45, 7) is 0.964. The predicted molar refractivity (Wildman–Crippen MR) is 107 cm³/mol. The summed E-state index contributed by atoms with van der Waals surface area (Å²) in [5.74, 6) is -2.50. The lowest BCUT2D eigenvalue weighted by Gasteiger charge is -2.08. The molecule has 0 radical (unpaired) electrons. The van der Waals surface area contributed by atoms with E-state index >= 15 is 0 Å². The number of hydrogen-bond donors (Lipinski definition) is 4. The first-order chi connectivity index (χ1) is 13.0. The first-order valence-electron chi connectivity index (χ1n) is 8.33. The first-order valence-corrected chi connectivity index (χ1v) is 9.98. The van der Waals surface area contributed by atoms with Crippen molar-refractivity contribution < 1.29 is 28.2 Å². The van der Waals surface area contributed by atoms with Crippen LogP contribution in [0.3, 0.4) is 0 Å². The van der Waals surface area contributed by atoms with Gasteiger partial charge in [0, 0.05) is 35.8 Å². The highest BCUT2D eigenvalue weighted by Crippen LogP contribution is 2.21. The van der Waals surface area contributed by atoms with Gasteiger partial charge in [0.15, 0.2) is 0 Å². The molecule has 9 nitrogen and oxygen atoms in total. The van der Waals surface area contributed by atoms with E-state index in [-0.39, 0.29) is 5.75 Å². The molecular weight excluding hydrogens is 386 g/mol. The smallest absolute Gasteiger partial charge is 0.328 e. The van der Waals surface area contributed by atoms with Gasteiger partial charge in [0.2, 0.25) is 10.0 Å². The molecule has 0 aliphatic carbocycles. The molecule has 0 atom stereocenters. The van der Waals surface area contributed by atoms with Crippen LogP contribution in [0.15, 0.2) is 36.5 Å². The van der Waals surface area contributed by atoms with Crippen LogP contribution in [0.25, 0.3) is 10.9 Å². The Bertz CT molecular complexity index is 931. The van der Waals surface area contributed by atoms with Crippen LogP contribution in [-0.4, -0.2) is 68.1 Å². The molecule has 0 saturated carbocycles. The van der Waals surface area contributed by atoms with Gasteiger partial charge in [0.05, 0.1) is 5.75 Å². The van der Waals surface area contributed by atoms with Gasteiger partial charge in [-0.15, -0.1) is 0 Å². The molecule has 0 saturated heterocycles. The number of hydrogen-bond acceptors (Lipinski definition) is 5. The van der Waals surface area contributed by atoms with Crippen molar-refractivity contribution in [1.29, 1.82) is 0 Å². The fraction of sp³-hybridized carbons (Fsp3) is 0.333. The third kappa shape index (κ3) is 8.33. The topological polar surface area (TPSA) is 140 Å². The number of fused-ring (bicyclic) bond motifs is 1. The molecule has 1 heterocycles. The van der Waals surface area contributed by atoms with E-state index < -0.39 is 22.0 Å². The number of H-pyrrole nitrogens is 1. The lowest BCUT2D eigenvalue weighted by Crippen LogP contribution is -2.20. The number of carboxylic acids is 2. The highest BCUT2D eigenvalue weighted by atomic mass is 32.2. The van der Waals surface area contributed by atoms with E-state index in [0.717, 1.165) is 29.4 Å². The Labute approximate surface area is 163 Å². The number of nitrogens with zero attached hydrogens (tertiary/aromatic N) is 1. The third-order valence-corrected chi connectivity index (χ3v) is 5.03. The lowest BCUT2D eigenvalue weighted by molar-refractivity contribution is -0.134. The molecule has 2 aromatic rings. The SMILES string of the molecule is CNS(=O)(=O)Cc1ccc2[nH]cc(CCN(C)C)c2c1.O=C(O)C=CC(=O)O. The third-order valence-electron chi connectivity index (χ3n) is 3.70. The monoisotopic (exact) mass is 411 g/mol. The van der Waals surface area contributed by atoms with E-state index in [0.29, 0.717) is 12.2 Å². The van der Waals surface area contributed by atoms with Crippen molar-refractivity contribution in [2.45, 2.75) is 12.2 Å². The van der Waals surface area contributed by atoms with Gasteiger partial charge >= 0.3 is 11.9 Å². The van der Waals surface area contributed by atoms with Crippen LogP contribution in [0.1, 0.15) is 11.1 Å². The largest absolute Gasteiger partial charge is 0.478 e. The van der Waals surface area contributed by atoms with Crippen molar-refractivity contribution in [3.8, 4) is 0 Å². The van der Waals surface area contributed by atoms with Gasteiger partial charge in [0.25, 0.3) is 0 Å². The number of benzene rings is 1. The molecule has 0 aliphatic heterocycles. The molecule has 1 aromatic carbocycles. The minimum atomic E-state index is -3.23. The number of likely N-dealkylation sites (N-methyl/N-ethyl adjacent to an activating group) is 1. The van der Waals surface area contributed by atoms with Crippen LogP contribution in [0.2, 0.25) is 0 Å². The number of nitrogens with one attached hydrogen (secondary N) is 2. The van der Waals surface area contributed by atoms with Crippen molar-refractivity contribution in [3.05, 3.63) is 47.7 Å². The lowest BCUT2D eigenvalue weighted by atomic mass is 10.1. The zero-order valence-corrected chi connectivity index (χ0v) is 16.8. The zero-order valence-electron chi connectivity index (χ0n) is 16.0. The number of rotatable bonds is 8. The Balaban J connectivity index is 0.000000416. The predicted octanol–water partition coefficient (Wildman–Crippen LogP) is 1.03. The van der Waals surface area contributed by atoms with Crippen LogP contribution in [0.5, 0.6) is 0 Å². The molecular formula is C18H25N3O6S. The Morgan fingerprint density at radius 2 is 1.79 bits per heavy atom. The molecule has 2 rings (SSSR count). The summed E-state index contributed by atoms with van der Waals surface area (Å²) in [5, 5.41) is 16.7. The average Bonchev–Trinajstić information content (AvgIpc) is 3.00. The van der Waals surface area contributed by atoms with Crippen molar-refractivity contribution in [2.24, 2.45) is 0 Å². The maximum Gasteiger partial charge on any atom is 0.328 e. The van der Waals surface area contributed by atoms with Crippen molar-refractivity contribution >= 4 is 32.9 Å².